The van der Waals surface area contributed by atoms with Gasteiger partial charge in [-0.2, -0.15) is 0 Å². The molecule has 2 heterocycles. The zero-order valence-corrected chi connectivity index (χ0v) is 19.3. The Bertz CT molecular complexity index is 1210. The zero-order valence-electron chi connectivity index (χ0n) is 19.3. The summed E-state index contributed by atoms with van der Waals surface area (Å²) >= 11 is 0. The van der Waals surface area contributed by atoms with Crippen LogP contribution in [0.4, 0.5) is 11.4 Å². The molecule has 0 aliphatic carbocycles. The van der Waals surface area contributed by atoms with Gasteiger partial charge in [-0.25, -0.2) is 0 Å². The summed E-state index contributed by atoms with van der Waals surface area (Å²) in [5.74, 6) is -1.58. The molecule has 0 saturated carbocycles. The highest BCUT2D eigenvalue weighted by atomic mass is 16.3. The van der Waals surface area contributed by atoms with Crippen molar-refractivity contribution in [2.75, 3.05) is 22.9 Å². The largest absolute Gasteiger partial charge is 0.503 e. The highest BCUT2D eigenvalue weighted by Crippen LogP contribution is 2.42. The first-order valence-corrected chi connectivity index (χ1v) is 11.1. The van der Waals surface area contributed by atoms with Crippen LogP contribution in [0.5, 0.6) is 0 Å². The molecule has 1 amide bonds. The molecule has 6 heteroatoms. The molecule has 0 saturated heterocycles. The maximum Gasteiger partial charge on any atom is 0.294 e. The summed E-state index contributed by atoms with van der Waals surface area (Å²) in [4.78, 5) is 30.3. The third-order valence-electron chi connectivity index (χ3n) is 6.30. The van der Waals surface area contributed by atoms with Crippen molar-refractivity contribution >= 4 is 23.1 Å². The van der Waals surface area contributed by atoms with E-state index in [-0.39, 0.29) is 11.3 Å². The maximum atomic E-state index is 13.3. The first-order valence-electron chi connectivity index (χ1n) is 11.1. The molecule has 0 fully saturated rings. The van der Waals surface area contributed by atoms with Crippen LogP contribution in [0.2, 0.25) is 0 Å². The van der Waals surface area contributed by atoms with Gasteiger partial charge < -0.3 is 14.4 Å². The van der Waals surface area contributed by atoms with Crippen molar-refractivity contribution in [3.63, 3.8) is 0 Å². The van der Waals surface area contributed by atoms with Crippen LogP contribution in [-0.4, -0.2) is 29.9 Å². The normalized spacial score (nSPS) is 15.9. The summed E-state index contributed by atoms with van der Waals surface area (Å²) in [6.45, 7) is 9.89. The predicted molar refractivity (Wildman–Crippen MR) is 129 cm³/mol. The molecule has 2 aromatic carbocycles. The Kier molecular flexibility index (Phi) is 6.09. The Balaban J connectivity index is 1.84. The van der Waals surface area contributed by atoms with Gasteiger partial charge in [0.05, 0.1) is 17.9 Å². The van der Waals surface area contributed by atoms with E-state index in [0.29, 0.717) is 5.69 Å². The molecule has 1 aromatic heterocycles. The van der Waals surface area contributed by atoms with Crippen molar-refractivity contribution in [2.45, 2.75) is 33.7 Å². The van der Waals surface area contributed by atoms with E-state index in [0.717, 1.165) is 35.5 Å². The van der Waals surface area contributed by atoms with Crippen LogP contribution < -0.4 is 9.80 Å². The van der Waals surface area contributed by atoms with Crippen LogP contribution >= 0.6 is 0 Å². The predicted octanol–water partition coefficient (Wildman–Crippen LogP) is 5.53. The van der Waals surface area contributed by atoms with Crippen LogP contribution in [0.15, 0.2) is 76.6 Å². The molecule has 0 bridgehead atoms. The van der Waals surface area contributed by atoms with Gasteiger partial charge in [0, 0.05) is 24.5 Å². The lowest BCUT2D eigenvalue weighted by Gasteiger charge is -2.28. The van der Waals surface area contributed by atoms with Crippen molar-refractivity contribution in [1.82, 2.24) is 0 Å². The molecule has 0 radical (unpaired) electrons. The molecule has 33 heavy (non-hydrogen) atoms. The highest BCUT2D eigenvalue weighted by molar-refractivity contribution is 6.20. The minimum atomic E-state index is -0.775. The number of amides is 1. The van der Waals surface area contributed by atoms with Gasteiger partial charge in [-0.1, -0.05) is 18.2 Å². The molecule has 170 valence electrons. The summed E-state index contributed by atoms with van der Waals surface area (Å²) in [6, 6.07) is 15.8. The minimum absolute atomic E-state index is 0.0174. The van der Waals surface area contributed by atoms with Crippen molar-refractivity contribution in [3.05, 3.63) is 94.6 Å². The summed E-state index contributed by atoms with van der Waals surface area (Å²) in [5.41, 5.74) is 4.53. The number of anilines is 2. The van der Waals surface area contributed by atoms with E-state index >= 15 is 0 Å². The Morgan fingerprint density at radius 2 is 1.73 bits per heavy atom. The van der Waals surface area contributed by atoms with Crippen LogP contribution in [0.1, 0.15) is 47.1 Å². The number of furan rings is 1. The summed E-state index contributed by atoms with van der Waals surface area (Å²) < 4.78 is 5.30. The number of nitrogens with zero attached hydrogens (tertiary/aromatic N) is 2. The number of rotatable bonds is 7. The molecule has 1 atom stereocenters. The van der Waals surface area contributed by atoms with Crippen LogP contribution in [-0.2, 0) is 4.79 Å². The van der Waals surface area contributed by atoms with E-state index in [9.17, 15) is 14.7 Å². The number of carbonyl (C=O) groups is 2. The fourth-order valence-corrected chi connectivity index (χ4v) is 4.29. The van der Waals surface area contributed by atoms with E-state index in [4.69, 9.17) is 4.42 Å². The number of aryl methyl sites for hydroxylation is 2. The first kappa shape index (κ1) is 22.4. The van der Waals surface area contributed by atoms with Gasteiger partial charge >= 0.3 is 0 Å². The summed E-state index contributed by atoms with van der Waals surface area (Å²) in [6.07, 6.45) is 1.40. The zero-order chi connectivity index (χ0) is 23.7. The number of carbonyl (C=O) groups excluding carboxylic acids is 2. The maximum absolute atomic E-state index is 13.3. The average Bonchev–Trinajstić information content (AvgIpc) is 3.44. The Hall–Kier alpha value is -3.80. The molecule has 4 rings (SSSR count). The molecular formula is C27H28N2O4. The summed E-state index contributed by atoms with van der Waals surface area (Å²) in [7, 11) is 0. The lowest BCUT2D eigenvalue weighted by molar-refractivity contribution is -0.117. The minimum Gasteiger partial charge on any atom is -0.503 e. The third-order valence-corrected chi connectivity index (χ3v) is 6.30. The van der Waals surface area contributed by atoms with Crippen molar-refractivity contribution in [3.8, 4) is 0 Å². The number of aliphatic hydroxyl groups is 1. The monoisotopic (exact) mass is 444 g/mol. The van der Waals surface area contributed by atoms with Crippen LogP contribution in [0, 0.1) is 13.8 Å². The van der Waals surface area contributed by atoms with Crippen LogP contribution in [0.25, 0.3) is 0 Å². The molecule has 3 aromatic rings. The lowest BCUT2D eigenvalue weighted by atomic mass is 9.94. The Morgan fingerprint density at radius 1 is 1.03 bits per heavy atom. The van der Waals surface area contributed by atoms with Crippen molar-refractivity contribution < 1.29 is 19.1 Å². The number of hydrogen-bond acceptors (Lipinski definition) is 5. The second-order valence-electron chi connectivity index (χ2n) is 8.18. The number of ketones is 1. The number of hydrogen-bond donors (Lipinski definition) is 1. The quantitative estimate of drug-likeness (QED) is 0.485. The van der Waals surface area contributed by atoms with Crippen molar-refractivity contribution in [1.29, 1.82) is 0 Å². The standard InChI is InChI=1S/C27H28N2O4/c1-5-28(6-2)20-13-10-19(11-14-20)24-23(25(30)22-8-7-15-33-22)26(31)27(32)29(24)21-12-9-17(3)18(4)16-21/h7-16,24,31H,5-6H2,1-4H3. The lowest BCUT2D eigenvalue weighted by Crippen LogP contribution is -2.31. The van der Waals surface area contributed by atoms with E-state index in [2.05, 4.69) is 18.7 Å². The Labute approximate surface area is 193 Å². The molecular weight excluding hydrogens is 416 g/mol. The van der Waals surface area contributed by atoms with E-state index in [1.807, 2.05) is 56.3 Å². The molecule has 1 aliphatic rings. The van der Waals surface area contributed by atoms with E-state index in [1.165, 1.54) is 17.2 Å². The van der Waals surface area contributed by atoms with Gasteiger partial charge in [-0.05, 0) is 80.8 Å². The van der Waals surface area contributed by atoms with Gasteiger partial charge in [0.15, 0.2) is 11.5 Å². The first-order chi connectivity index (χ1) is 15.9. The SMILES string of the molecule is CCN(CC)c1ccc(C2C(C(=O)c3ccco3)=C(O)C(=O)N2c2ccc(C)c(C)c2)cc1. The number of aliphatic hydroxyl groups excluding tert-OH is 1. The topological polar surface area (TPSA) is 74.0 Å². The van der Waals surface area contributed by atoms with Gasteiger partial charge in [0.25, 0.3) is 5.91 Å². The van der Waals surface area contributed by atoms with Gasteiger partial charge in [0.2, 0.25) is 5.78 Å². The van der Waals surface area contributed by atoms with E-state index in [1.54, 1.807) is 6.07 Å². The van der Waals surface area contributed by atoms with Gasteiger partial charge in [0.1, 0.15) is 0 Å². The average molecular weight is 445 g/mol. The Morgan fingerprint density at radius 3 is 2.30 bits per heavy atom. The van der Waals surface area contributed by atoms with Crippen LogP contribution in [0.3, 0.4) is 0 Å². The molecule has 1 aliphatic heterocycles. The van der Waals surface area contributed by atoms with Crippen molar-refractivity contribution in [2.24, 2.45) is 0 Å². The highest BCUT2D eigenvalue weighted by Gasteiger charge is 2.45. The smallest absolute Gasteiger partial charge is 0.294 e. The van der Waals surface area contributed by atoms with Gasteiger partial charge in [-0.15, -0.1) is 0 Å². The fraction of sp³-hybridized carbons (Fsp3) is 0.259. The molecule has 6 nitrogen and oxygen atoms in total. The fourth-order valence-electron chi connectivity index (χ4n) is 4.29. The second kappa shape index (κ2) is 8.98. The van der Waals surface area contributed by atoms with E-state index < -0.39 is 23.5 Å². The molecule has 1 unspecified atom stereocenters. The summed E-state index contributed by atoms with van der Waals surface area (Å²) in [5, 5.41) is 10.9. The number of Topliss-reactive ketones (excluding diaryl/α,β-unsaturated/α-hetero) is 1. The van der Waals surface area contributed by atoms with Gasteiger partial charge in [-0.3, -0.25) is 14.5 Å². The second-order valence-corrected chi connectivity index (χ2v) is 8.18. The molecule has 0 spiro atoms. The number of benzene rings is 2. The molecule has 1 N–H and O–H groups in total. The third kappa shape index (κ3) is 3.93.